The summed E-state index contributed by atoms with van der Waals surface area (Å²) in [7, 11) is 6.76. The SMILES string of the molecule is [B]c1ccc(F)c(OC)c1. The van der Waals surface area contributed by atoms with Crippen molar-refractivity contribution in [1.82, 2.24) is 0 Å². The minimum absolute atomic E-state index is 0.181. The van der Waals surface area contributed by atoms with Crippen LogP contribution >= 0.6 is 0 Å². The standard InChI is InChI=1S/C7H6BFO/c1-10-7-4-5(8)2-3-6(7)9/h2-4H,1H3. The predicted octanol–water partition coefficient (Wildman–Crippen LogP) is 0.628. The zero-order chi connectivity index (χ0) is 7.56. The lowest BCUT2D eigenvalue weighted by Gasteiger charge is -2.01. The van der Waals surface area contributed by atoms with Crippen molar-refractivity contribution in [3.63, 3.8) is 0 Å². The maximum atomic E-state index is 12.6. The number of rotatable bonds is 1. The van der Waals surface area contributed by atoms with Gasteiger partial charge in [0, 0.05) is 0 Å². The molecule has 50 valence electrons. The molecule has 0 aliphatic carbocycles. The van der Waals surface area contributed by atoms with Crippen molar-refractivity contribution in [2.75, 3.05) is 7.11 Å². The Morgan fingerprint density at radius 1 is 1.50 bits per heavy atom. The van der Waals surface area contributed by atoms with Gasteiger partial charge >= 0.3 is 0 Å². The first kappa shape index (κ1) is 7.13. The molecule has 0 amide bonds. The van der Waals surface area contributed by atoms with Crippen molar-refractivity contribution in [3.05, 3.63) is 24.0 Å². The molecule has 1 nitrogen and oxygen atoms in total. The molecule has 3 heteroatoms. The van der Waals surface area contributed by atoms with Gasteiger partial charge in [0.1, 0.15) is 7.85 Å². The summed E-state index contributed by atoms with van der Waals surface area (Å²) in [5.41, 5.74) is 0.498. The van der Waals surface area contributed by atoms with E-state index in [0.29, 0.717) is 5.46 Å². The van der Waals surface area contributed by atoms with Crippen molar-refractivity contribution in [2.45, 2.75) is 0 Å². The van der Waals surface area contributed by atoms with Crippen molar-refractivity contribution in [1.29, 1.82) is 0 Å². The molecule has 1 rings (SSSR count). The van der Waals surface area contributed by atoms with Crippen molar-refractivity contribution in [3.8, 4) is 5.75 Å². The second-order valence-corrected chi connectivity index (χ2v) is 1.89. The van der Waals surface area contributed by atoms with Crippen LogP contribution in [0.25, 0.3) is 0 Å². The Morgan fingerprint density at radius 2 is 2.20 bits per heavy atom. The monoisotopic (exact) mass is 136 g/mol. The van der Waals surface area contributed by atoms with Crippen LogP contribution in [0.4, 0.5) is 4.39 Å². The molecule has 0 saturated carbocycles. The lowest BCUT2D eigenvalue weighted by Crippen LogP contribution is -2.02. The van der Waals surface area contributed by atoms with Crippen LogP contribution in [-0.2, 0) is 0 Å². The van der Waals surface area contributed by atoms with Gasteiger partial charge in [-0.05, 0) is 12.1 Å². The fraction of sp³-hybridized carbons (Fsp3) is 0.143. The van der Waals surface area contributed by atoms with Gasteiger partial charge in [0.15, 0.2) is 11.6 Å². The summed E-state index contributed by atoms with van der Waals surface area (Å²) in [6.07, 6.45) is 0. The molecule has 0 heterocycles. The summed E-state index contributed by atoms with van der Waals surface area (Å²) in [5.74, 6) is -0.211. The van der Waals surface area contributed by atoms with Gasteiger partial charge < -0.3 is 4.74 Å². The minimum Gasteiger partial charge on any atom is -0.494 e. The Bertz CT molecular complexity index is 237. The highest BCUT2D eigenvalue weighted by Gasteiger charge is 1.98. The molecule has 0 fully saturated rings. The predicted molar refractivity (Wildman–Crippen MR) is 38.3 cm³/mol. The number of halogens is 1. The Labute approximate surface area is 60.2 Å². The molecule has 1 aromatic rings. The van der Waals surface area contributed by atoms with E-state index in [9.17, 15) is 4.39 Å². The summed E-state index contributed by atoms with van der Waals surface area (Å²) < 4.78 is 17.3. The van der Waals surface area contributed by atoms with E-state index in [1.807, 2.05) is 0 Å². The Hall–Kier alpha value is -0.985. The van der Waals surface area contributed by atoms with Crippen LogP contribution in [0.3, 0.4) is 0 Å². The Kier molecular flexibility index (Phi) is 1.95. The highest BCUT2D eigenvalue weighted by molar-refractivity contribution is 6.32. The molecular weight excluding hydrogens is 130 g/mol. The molecule has 1 aromatic carbocycles. The molecule has 10 heavy (non-hydrogen) atoms. The zero-order valence-corrected chi connectivity index (χ0v) is 5.60. The molecule has 0 aromatic heterocycles. The van der Waals surface area contributed by atoms with Gasteiger partial charge in [-0.3, -0.25) is 0 Å². The molecule has 0 unspecified atom stereocenters. The van der Waals surface area contributed by atoms with Gasteiger partial charge in [-0.15, -0.1) is 0 Å². The molecule has 0 N–H and O–H groups in total. The van der Waals surface area contributed by atoms with Gasteiger partial charge in [0.05, 0.1) is 7.11 Å². The van der Waals surface area contributed by atoms with Crippen molar-refractivity contribution >= 4 is 13.3 Å². The Morgan fingerprint density at radius 3 is 2.70 bits per heavy atom. The van der Waals surface area contributed by atoms with Crippen LogP contribution in [0.5, 0.6) is 5.75 Å². The average Bonchev–Trinajstić information content (AvgIpc) is 1.94. The topological polar surface area (TPSA) is 9.23 Å². The molecule has 0 spiro atoms. The molecule has 0 bridgehead atoms. The van der Waals surface area contributed by atoms with E-state index < -0.39 is 5.82 Å². The second-order valence-electron chi connectivity index (χ2n) is 1.89. The quantitative estimate of drug-likeness (QED) is 0.514. The molecule has 0 saturated heterocycles. The third kappa shape index (κ3) is 1.29. The smallest absolute Gasteiger partial charge is 0.164 e. The van der Waals surface area contributed by atoms with Crippen molar-refractivity contribution < 1.29 is 9.13 Å². The van der Waals surface area contributed by atoms with E-state index in [2.05, 4.69) is 4.74 Å². The lowest BCUT2D eigenvalue weighted by molar-refractivity contribution is 0.387. The third-order valence-corrected chi connectivity index (χ3v) is 1.18. The van der Waals surface area contributed by atoms with Gasteiger partial charge in [0.25, 0.3) is 0 Å². The molecular formula is C7H6BFO. The molecule has 0 aliphatic heterocycles. The maximum Gasteiger partial charge on any atom is 0.164 e. The molecule has 2 radical (unpaired) electrons. The van der Waals surface area contributed by atoms with E-state index >= 15 is 0 Å². The fourth-order valence-corrected chi connectivity index (χ4v) is 0.676. The van der Waals surface area contributed by atoms with E-state index in [4.69, 9.17) is 7.85 Å². The fourth-order valence-electron chi connectivity index (χ4n) is 0.676. The van der Waals surface area contributed by atoms with Crippen molar-refractivity contribution in [2.24, 2.45) is 0 Å². The summed E-state index contributed by atoms with van der Waals surface area (Å²) in [4.78, 5) is 0. The third-order valence-electron chi connectivity index (χ3n) is 1.18. The van der Waals surface area contributed by atoms with E-state index in [-0.39, 0.29) is 5.75 Å². The normalized spacial score (nSPS) is 9.40. The van der Waals surface area contributed by atoms with Gasteiger partial charge in [0.2, 0.25) is 0 Å². The first-order valence-electron chi connectivity index (χ1n) is 2.83. The zero-order valence-electron chi connectivity index (χ0n) is 5.60. The minimum atomic E-state index is -0.392. The van der Waals surface area contributed by atoms with Gasteiger partial charge in [-0.2, -0.15) is 0 Å². The number of hydrogen-bond donors (Lipinski definition) is 0. The second kappa shape index (κ2) is 2.73. The maximum absolute atomic E-state index is 12.6. The summed E-state index contributed by atoms with van der Waals surface area (Å²) in [6.45, 7) is 0. The van der Waals surface area contributed by atoms with Crippen LogP contribution in [0, 0.1) is 5.82 Å². The number of ether oxygens (including phenoxy) is 1. The first-order chi connectivity index (χ1) is 4.74. The van der Waals surface area contributed by atoms with E-state index in [1.165, 1.54) is 25.3 Å². The van der Waals surface area contributed by atoms with E-state index in [0.717, 1.165) is 0 Å². The van der Waals surface area contributed by atoms with E-state index in [1.54, 1.807) is 0 Å². The largest absolute Gasteiger partial charge is 0.494 e. The number of hydrogen-bond acceptors (Lipinski definition) is 1. The Balaban J connectivity index is 3.09. The number of methoxy groups -OCH3 is 1. The van der Waals surface area contributed by atoms with Crippen LogP contribution in [0.1, 0.15) is 0 Å². The average molecular weight is 136 g/mol. The molecule has 0 atom stereocenters. The van der Waals surface area contributed by atoms with Crippen LogP contribution in [-0.4, -0.2) is 15.0 Å². The van der Waals surface area contributed by atoms with Crippen LogP contribution in [0.15, 0.2) is 18.2 Å². The highest BCUT2D eigenvalue weighted by Crippen LogP contribution is 2.12. The summed E-state index contributed by atoms with van der Waals surface area (Å²) in [5, 5.41) is 0. The first-order valence-corrected chi connectivity index (χ1v) is 2.83. The number of benzene rings is 1. The van der Waals surface area contributed by atoms with Gasteiger partial charge in [-0.1, -0.05) is 11.5 Å². The van der Waals surface area contributed by atoms with Crippen LogP contribution < -0.4 is 10.2 Å². The summed E-state index contributed by atoms with van der Waals surface area (Å²) >= 11 is 0. The highest BCUT2D eigenvalue weighted by atomic mass is 19.1. The molecule has 0 aliphatic rings. The lowest BCUT2D eigenvalue weighted by atomic mass is 9.96. The van der Waals surface area contributed by atoms with Crippen LogP contribution in [0.2, 0.25) is 0 Å². The summed E-state index contributed by atoms with van der Waals surface area (Å²) in [6, 6.07) is 4.20. The van der Waals surface area contributed by atoms with Gasteiger partial charge in [-0.25, -0.2) is 4.39 Å².